The van der Waals surface area contributed by atoms with E-state index in [4.69, 9.17) is 4.74 Å². The lowest BCUT2D eigenvalue weighted by Crippen LogP contribution is -2.38. The molecular formula is C22H29F3IN3O3. The van der Waals surface area contributed by atoms with Gasteiger partial charge >= 0.3 is 6.18 Å². The molecule has 2 aromatic rings. The number of phenols is 1. The van der Waals surface area contributed by atoms with Crippen LogP contribution in [0.3, 0.4) is 0 Å². The van der Waals surface area contributed by atoms with Crippen molar-refractivity contribution in [3.8, 4) is 11.5 Å². The number of halogens is 4. The number of aromatic hydroxyl groups is 1. The average Bonchev–Trinajstić information content (AvgIpc) is 2.73. The molecule has 0 aliphatic carbocycles. The van der Waals surface area contributed by atoms with Gasteiger partial charge in [0.15, 0.2) is 17.5 Å². The Labute approximate surface area is 203 Å². The van der Waals surface area contributed by atoms with Gasteiger partial charge in [-0.25, -0.2) is 4.99 Å². The molecule has 0 aliphatic heterocycles. The Balaban J connectivity index is 0.00000512. The summed E-state index contributed by atoms with van der Waals surface area (Å²) >= 11 is 0. The highest BCUT2D eigenvalue weighted by Crippen LogP contribution is 2.29. The Bertz CT molecular complexity index is 847. The number of guanidine groups is 1. The normalized spacial score (nSPS) is 11.6. The van der Waals surface area contributed by atoms with Crippen LogP contribution in [0.4, 0.5) is 13.2 Å². The van der Waals surface area contributed by atoms with Gasteiger partial charge < -0.3 is 25.2 Å². The van der Waals surface area contributed by atoms with Gasteiger partial charge in [-0.05, 0) is 36.1 Å². The quantitative estimate of drug-likeness (QED) is 0.226. The van der Waals surface area contributed by atoms with Crippen molar-refractivity contribution in [2.24, 2.45) is 4.99 Å². The predicted molar refractivity (Wildman–Crippen MR) is 129 cm³/mol. The number of hydrogen-bond acceptors (Lipinski definition) is 4. The van der Waals surface area contributed by atoms with Crippen molar-refractivity contribution in [1.29, 1.82) is 0 Å². The fraction of sp³-hybridized carbons (Fsp3) is 0.409. The maximum absolute atomic E-state index is 12.1. The maximum atomic E-state index is 12.1. The van der Waals surface area contributed by atoms with E-state index in [0.717, 1.165) is 11.1 Å². The summed E-state index contributed by atoms with van der Waals surface area (Å²) in [5.41, 5.74) is 2.35. The van der Waals surface area contributed by atoms with E-state index in [9.17, 15) is 18.3 Å². The smallest absolute Gasteiger partial charge is 0.411 e. The summed E-state index contributed by atoms with van der Waals surface area (Å²) in [4.78, 5) is 4.52. The number of ether oxygens (including phenoxy) is 2. The first-order chi connectivity index (χ1) is 14.8. The first kappa shape index (κ1) is 27.8. The number of rotatable bonds is 10. The van der Waals surface area contributed by atoms with E-state index in [2.05, 4.69) is 20.4 Å². The lowest BCUT2D eigenvalue weighted by atomic mass is 10.1. The molecule has 0 spiro atoms. The molecule has 2 rings (SSSR count). The fourth-order valence-corrected chi connectivity index (χ4v) is 2.79. The number of phenolic OH excluding ortho intramolecular Hbond substituents is 1. The van der Waals surface area contributed by atoms with E-state index in [1.54, 1.807) is 18.2 Å². The highest BCUT2D eigenvalue weighted by atomic mass is 127. The Morgan fingerprint density at radius 3 is 2.38 bits per heavy atom. The number of nitrogens with zero attached hydrogens (tertiary/aromatic N) is 1. The Morgan fingerprint density at radius 2 is 1.75 bits per heavy atom. The van der Waals surface area contributed by atoms with Crippen LogP contribution in [-0.2, 0) is 24.3 Å². The molecule has 178 valence electrons. The van der Waals surface area contributed by atoms with Crippen LogP contribution in [0.5, 0.6) is 11.5 Å². The zero-order valence-corrected chi connectivity index (χ0v) is 20.4. The first-order valence-electron chi connectivity index (χ1n) is 9.91. The molecule has 2 aromatic carbocycles. The van der Waals surface area contributed by atoms with Crippen LogP contribution in [-0.4, -0.2) is 44.0 Å². The Kier molecular flexibility index (Phi) is 12.2. The van der Waals surface area contributed by atoms with Crippen LogP contribution >= 0.6 is 24.0 Å². The molecule has 0 amide bonds. The summed E-state index contributed by atoms with van der Waals surface area (Å²) in [6.07, 6.45) is -3.74. The number of aliphatic imine (C=N–C) groups is 1. The highest BCUT2D eigenvalue weighted by molar-refractivity contribution is 14.0. The summed E-state index contributed by atoms with van der Waals surface area (Å²) in [5, 5.41) is 16.5. The number of alkyl halides is 3. The number of methoxy groups -OCH3 is 1. The molecule has 0 unspecified atom stereocenters. The van der Waals surface area contributed by atoms with Crippen molar-refractivity contribution in [3.05, 3.63) is 59.2 Å². The van der Waals surface area contributed by atoms with Crippen LogP contribution < -0.4 is 15.4 Å². The van der Waals surface area contributed by atoms with Crippen LogP contribution in [0.1, 0.15) is 23.6 Å². The van der Waals surface area contributed by atoms with Gasteiger partial charge in [-0.1, -0.05) is 36.4 Å². The molecular weight excluding hydrogens is 538 g/mol. The molecule has 0 atom stereocenters. The lowest BCUT2D eigenvalue weighted by molar-refractivity contribution is -0.176. The van der Waals surface area contributed by atoms with E-state index in [1.807, 2.05) is 31.2 Å². The summed E-state index contributed by atoms with van der Waals surface area (Å²) in [5.74, 6) is 1.20. The van der Waals surface area contributed by atoms with Crippen LogP contribution in [0.15, 0.2) is 47.5 Å². The second-order valence-corrected chi connectivity index (χ2v) is 6.76. The first-order valence-corrected chi connectivity index (χ1v) is 9.91. The molecule has 0 heterocycles. The number of nitrogens with one attached hydrogen (secondary N) is 2. The maximum Gasteiger partial charge on any atom is 0.411 e. The zero-order valence-electron chi connectivity index (χ0n) is 18.0. The SMILES string of the molecule is CCNC(=NCc1ccc(COCC(F)(F)F)cc1)NCCc1cccc(OC)c1O.I. The minimum atomic E-state index is -4.32. The van der Waals surface area contributed by atoms with Crippen LogP contribution in [0, 0.1) is 0 Å². The van der Waals surface area contributed by atoms with Crippen molar-refractivity contribution in [3.63, 3.8) is 0 Å². The Hall–Kier alpha value is -2.21. The van der Waals surface area contributed by atoms with E-state index < -0.39 is 12.8 Å². The van der Waals surface area contributed by atoms with Crippen molar-refractivity contribution >= 4 is 29.9 Å². The summed E-state index contributed by atoms with van der Waals surface area (Å²) < 4.78 is 46.2. The van der Waals surface area contributed by atoms with Gasteiger partial charge in [0.05, 0.1) is 20.3 Å². The van der Waals surface area contributed by atoms with E-state index in [-0.39, 0.29) is 36.3 Å². The molecule has 0 radical (unpaired) electrons. The third-order valence-corrected chi connectivity index (χ3v) is 4.31. The average molecular weight is 567 g/mol. The third-order valence-electron chi connectivity index (χ3n) is 4.31. The summed E-state index contributed by atoms with van der Waals surface area (Å²) in [6, 6.07) is 12.4. The van der Waals surface area contributed by atoms with Crippen molar-refractivity contribution < 1.29 is 27.8 Å². The van der Waals surface area contributed by atoms with Gasteiger partial charge in [0.2, 0.25) is 0 Å². The molecule has 0 fully saturated rings. The van der Waals surface area contributed by atoms with Gasteiger partial charge in [0.25, 0.3) is 0 Å². The second kappa shape index (κ2) is 14.0. The monoisotopic (exact) mass is 567 g/mol. The number of para-hydroxylation sites is 1. The molecule has 0 aliphatic rings. The van der Waals surface area contributed by atoms with Gasteiger partial charge in [-0.2, -0.15) is 13.2 Å². The van der Waals surface area contributed by atoms with Gasteiger partial charge in [-0.15, -0.1) is 24.0 Å². The predicted octanol–water partition coefficient (Wildman–Crippen LogP) is 4.40. The Morgan fingerprint density at radius 1 is 1.06 bits per heavy atom. The standard InChI is InChI=1S/C22H28F3N3O3.HI/c1-3-26-21(27-12-11-18-5-4-6-19(30-2)20(18)29)28-13-16-7-9-17(10-8-16)14-31-15-22(23,24)25;/h4-10,29H,3,11-15H2,1-2H3,(H2,26,27,28);1H. The van der Waals surface area contributed by atoms with Crippen LogP contribution in [0.2, 0.25) is 0 Å². The molecule has 32 heavy (non-hydrogen) atoms. The fourth-order valence-electron chi connectivity index (χ4n) is 2.79. The number of benzene rings is 2. The van der Waals surface area contributed by atoms with Gasteiger partial charge in [-0.3, -0.25) is 0 Å². The molecule has 0 bridgehead atoms. The molecule has 6 nitrogen and oxygen atoms in total. The second-order valence-electron chi connectivity index (χ2n) is 6.76. The van der Waals surface area contributed by atoms with Crippen molar-refractivity contribution in [1.82, 2.24) is 10.6 Å². The topological polar surface area (TPSA) is 75.1 Å². The molecule has 0 aromatic heterocycles. The zero-order chi connectivity index (χ0) is 22.7. The molecule has 0 saturated carbocycles. The minimum absolute atomic E-state index is 0. The van der Waals surface area contributed by atoms with E-state index in [1.165, 1.54) is 7.11 Å². The van der Waals surface area contributed by atoms with Crippen molar-refractivity contribution in [2.75, 3.05) is 26.8 Å². The van der Waals surface area contributed by atoms with E-state index >= 15 is 0 Å². The largest absolute Gasteiger partial charge is 0.504 e. The van der Waals surface area contributed by atoms with Crippen LogP contribution in [0.25, 0.3) is 0 Å². The summed E-state index contributed by atoms with van der Waals surface area (Å²) in [7, 11) is 1.51. The third kappa shape index (κ3) is 9.94. The van der Waals surface area contributed by atoms with Gasteiger partial charge in [0.1, 0.15) is 6.61 Å². The minimum Gasteiger partial charge on any atom is -0.504 e. The molecule has 3 N–H and O–H groups in total. The van der Waals surface area contributed by atoms with Crippen molar-refractivity contribution in [2.45, 2.75) is 32.7 Å². The molecule has 0 saturated heterocycles. The van der Waals surface area contributed by atoms with E-state index in [0.29, 0.717) is 43.3 Å². The summed E-state index contributed by atoms with van der Waals surface area (Å²) in [6.45, 7) is 2.26. The highest BCUT2D eigenvalue weighted by Gasteiger charge is 2.27. The lowest BCUT2D eigenvalue weighted by Gasteiger charge is -2.13. The van der Waals surface area contributed by atoms with Gasteiger partial charge in [0, 0.05) is 13.1 Å². The number of hydrogen-bond donors (Lipinski definition) is 3. The molecule has 10 heteroatoms.